The Morgan fingerprint density at radius 1 is 1.17 bits per heavy atom. The first kappa shape index (κ1) is 13.2. The predicted octanol–water partition coefficient (Wildman–Crippen LogP) is 4.04. The van der Waals surface area contributed by atoms with Crippen molar-refractivity contribution in [3.63, 3.8) is 0 Å². The first-order valence-electron chi connectivity index (χ1n) is 7.00. The number of hydrogen-bond acceptors (Lipinski definition) is 1. The molecule has 0 aliphatic rings. The summed E-state index contributed by atoms with van der Waals surface area (Å²) in [7, 11) is 0. The number of aromatic amines is 1. The van der Waals surface area contributed by atoms with E-state index in [9.17, 15) is 0 Å². The molecule has 0 aliphatic carbocycles. The van der Waals surface area contributed by atoms with Gasteiger partial charge in [-0.25, -0.2) is 0 Å². The minimum atomic E-state index is 0.632. The zero-order chi connectivity index (χ0) is 13.0. The average molecular weight is 244 g/mol. The van der Waals surface area contributed by atoms with Crippen molar-refractivity contribution in [3.8, 4) is 0 Å². The summed E-state index contributed by atoms with van der Waals surface area (Å²) in [6.07, 6.45) is 5.78. The van der Waals surface area contributed by atoms with Gasteiger partial charge in [0.1, 0.15) is 0 Å². The largest absolute Gasteiger partial charge is 0.361 e. The Hall–Kier alpha value is -1.28. The fourth-order valence-electron chi connectivity index (χ4n) is 2.76. The first-order valence-corrected chi connectivity index (χ1v) is 7.00. The normalized spacial score (nSPS) is 13.3. The molecule has 0 radical (unpaired) electrons. The Morgan fingerprint density at radius 2 is 1.94 bits per heavy atom. The summed E-state index contributed by atoms with van der Waals surface area (Å²) in [6, 6.07) is 8.58. The number of benzene rings is 1. The molecular weight excluding hydrogens is 220 g/mol. The van der Waals surface area contributed by atoms with Crippen LogP contribution in [-0.4, -0.2) is 11.5 Å². The molecule has 0 saturated heterocycles. The molecule has 1 heterocycles. The fourth-order valence-corrected chi connectivity index (χ4v) is 2.76. The molecule has 2 rings (SSSR count). The van der Waals surface area contributed by atoms with Gasteiger partial charge >= 0.3 is 0 Å². The average Bonchev–Trinajstić information content (AvgIpc) is 2.78. The van der Waals surface area contributed by atoms with Crippen LogP contribution in [0.15, 0.2) is 30.5 Å². The smallest absolute Gasteiger partial charge is 0.0456 e. The second-order valence-electron chi connectivity index (χ2n) is 5.42. The fraction of sp³-hybridized carbons (Fsp3) is 0.500. The first-order chi connectivity index (χ1) is 8.74. The number of unbranched alkanes of at least 4 members (excludes halogenated alkanes) is 1. The van der Waals surface area contributed by atoms with E-state index >= 15 is 0 Å². The lowest BCUT2D eigenvalue weighted by molar-refractivity contribution is 0.452. The number of nitrogens with one attached hydrogen (secondary N) is 1. The van der Waals surface area contributed by atoms with Crippen molar-refractivity contribution in [1.29, 1.82) is 0 Å². The standard InChI is InChI=1S/C16H24N2/c1-12(2)13(7-5-6-10-17)15-11-18-16-9-4-3-8-14(15)16/h3-4,8-9,11-13,18H,5-7,10,17H2,1-2H3. The van der Waals surface area contributed by atoms with Gasteiger partial charge in [-0.1, -0.05) is 38.5 Å². The monoisotopic (exact) mass is 244 g/mol. The van der Waals surface area contributed by atoms with Gasteiger partial charge in [0.25, 0.3) is 0 Å². The van der Waals surface area contributed by atoms with Gasteiger partial charge < -0.3 is 10.7 Å². The molecule has 0 amide bonds. The molecule has 1 aromatic carbocycles. The van der Waals surface area contributed by atoms with Crippen LogP contribution in [0.5, 0.6) is 0 Å². The number of nitrogens with two attached hydrogens (primary N) is 1. The Balaban J connectivity index is 2.24. The minimum absolute atomic E-state index is 0.632. The van der Waals surface area contributed by atoms with Crippen molar-refractivity contribution >= 4 is 10.9 Å². The summed E-state index contributed by atoms with van der Waals surface area (Å²) in [5, 5.41) is 1.38. The van der Waals surface area contributed by atoms with Gasteiger partial charge in [0.05, 0.1) is 0 Å². The van der Waals surface area contributed by atoms with Crippen molar-refractivity contribution in [1.82, 2.24) is 4.98 Å². The second kappa shape index (κ2) is 6.05. The molecule has 3 N–H and O–H groups in total. The zero-order valence-corrected chi connectivity index (χ0v) is 11.4. The predicted molar refractivity (Wildman–Crippen MR) is 78.8 cm³/mol. The molecule has 0 fully saturated rings. The van der Waals surface area contributed by atoms with E-state index in [1.807, 2.05) is 0 Å². The summed E-state index contributed by atoms with van der Waals surface area (Å²) < 4.78 is 0. The van der Waals surface area contributed by atoms with Crippen LogP contribution in [0.3, 0.4) is 0 Å². The van der Waals surface area contributed by atoms with Crippen LogP contribution in [0.4, 0.5) is 0 Å². The third-order valence-corrected chi connectivity index (χ3v) is 3.79. The molecule has 0 aliphatic heterocycles. The highest BCUT2D eigenvalue weighted by atomic mass is 14.7. The summed E-state index contributed by atoms with van der Waals surface area (Å²) in [6.45, 7) is 5.43. The van der Waals surface area contributed by atoms with Gasteiger partial charge in [0.15, 0.2) is 0 Å². The Bertz CT molecular complexity index is 485. The van der Waals surface area contributed by atoms with E-state index < -0.39 is 0 Å². The maximum Gasteiger partial charge on any atom is 0.0456 e. The number of para-hydroxylation sites is 1. The van der Waals surface area contributed by atoms with Crippen molar-refractivity contribution in [2.24, 2.45) is 11.7 Å². The molecule has 1 unspecified atom stereocenters. The van der Waals surface area contributed by atoms with Crippen molar-refractivity contribution in [2.45, 2.75) is 39.0 Å². The quantitative estimate of drug-likeness (QED) is 0.740. The van der Waals surface area contributed by atoms with Gasteiger partial charge in [0.2, 0.25) is 0 Å². The summed E-state index contributed by atoms with van der Waals surface area (Å²) in [5.74, 6) is 1.30. The number of fused-ring (bicyclic) bond motifs is 1. The number of H-pyrrole nitrogens is 1. The van der Waals surface area contributed by atoms with E-state index in [0.29, 0.717) is 11.8 Å². The molecule has 18 heavy (non-hydrogen) atoms. The van der Waals surface area contributed by atoms with E-state index in [1.54, 1.807) is 0 Å². The van der Waals surface area contributed by atoms with Crippen molar-refractivity contribution < 1.29 is 0 Å². The van der Waals surface area contributed by atoms with Gasteiger partial charge in [-0.15, -0.1) is 0 Å². The van der Waals surface area contributed by atoms with Gasteiger partial charge in [-0.05, 0) is 42.9 Å². The molecule has 1 aromatic heterocycles. The molecule has 2 aromatic rings. The van der Waals surface area contributed by atoms with E-state index in [2.05, 4.69) is 49.3 Å². The van der Waals surface area contributed by atoms with E-state index in [4.69, 9.17) is 5.73 Å². The van der Waals surface area contributed by atoms with E-state index in [1.165, 1.54) is 29.3 Å². The van der Waals surface area contributed by atoms with Crippen LogP contribution in [0, 0.1) is 5.92 Å². The third kappa shape index (κ3) is 2.75. The van der Waals surface area contributed by atoms with Crippen LogP contribution in [-0.2, 0) is 0 Å². The van der Waals surface area contributed by atoms with Gasteiger partial charge in [0, 0.05) is 17.1 Å². The SMILES string of the molecule is CC(C)C(CCCCN)c1c[nH]c2ccccc12. The van der Waals surface area contributed by atoms with Crippen LogP contribution < -0.4 is 5.73 Å². The maximum atomic E-state index is 5.59. The van der Waals surface area contributed by atoms with E-state index in [0.717, 1.165) is 13.0 Å². The molecular formula is C16H24N2. The minimum Gasteiger partial charge on any atom is -0.361 e. The topological polar surface area (TPSA) is 41.8 Å². The van der Waals surface area contributed by atoms with Crippen LogP contribution in [0.1, 0.15) is 44.6 Å². The zero-order valence-electron chi connectivity index (χ0n) is 11.4. The number of aromatic nitrogens is 1. The van der Waals surface area contributed by atoms with Crippen molar-refractivity contribution in [3.05, 3.63) is 36.0 Å². The number of hydrogen-bond donors (Lipinski definition) is 2. The Labute approximate surface area is 110 Å². The third-order valence-electron chi connectivity index (χ3n) is 3.79. The van der Waals surface area contributed by atoms with E-state index in [-0.39, 0.29) is 0 Å². The molecule has 0 spiro atoms. The lowest BCUT2D eigenvalue weighted by Crippen LogP contribution is -2.08. The second-order valence-corrected chi connectivity index (χ2v) is 5.42. The summed E-state index contributed by atoms with van der Waals surface area (Å²) in [4.78, 5) is 3.39. The Kier molecular flexibility index (Phi) is 4.43. The van der Waals surface area contributed by atoms with Gasteiger partial charge in [-0.3, -0.25) is 0 Å². The highest BCUT2D eigenvalue weighted by molar-refractivity contribution is 5.83. The number of rotatable bonds is 6. The van der Waals surface area contributed by atoms with Crippen LogP contribution in [0.2, 0.25) is 0 Å². The Morgan fingerprint density at radius 3 is 2.67 bits per heavy atom. The van der Waals surface area contributed by atoms with Gasteiger partial charge in [-0.2, -0.15) is 0 Å². The van der Waals surface area contributed by atoms with Crippen LogP contribution >= 0.6 is 0 Å². The molecule has 1 atom stereocenters. The maximum absolute atomic E-state index is 5.59. The highest BCUT2D eigenvalue weighted by Gasteiger charge is 2.18. The summed E-state index contributed by atoms with van der Waals surface area (Å²) in [5.41, 5.74) is 8.31. The lowest BCUT2D eigenvalue weighted by atomic mass is 9.84. The molecule has 0 bridgehead atoms. The molecule has 2 nitrogen and oxygen atoms in total. The highest BCUT2D eigenvalue weighted by Crippen LogP contribution is 2.34. The molecule has 0 saturated carbocycles. The van der Waals surface area contributed by atoms with Crippen LogP contribution in [0.25, 0.3) is 10.9 Å². The lowest BCUT2D eigenvalue weighted by Gasteiger charge is -2.20. The molecule has 2 heteroatoms. The summed E-state index contributed by atoms with van der Waals surface area (Å²) >= 11 is 0. The van der Waals surface area contributed by atoms with Crippen molar-refractivity contribution in [2.75, 3.05) is 6.54 Å². The molecule has 98 valence electrons.